The molecule has 0 bridgehead atoms. The molecule has 0 radical (unpaired) electrons. The summed E-state index contributed by atoms with van der Waals surface area (Å²) in [6.07, 6.45) is 0. The van der Waals surface area contributed by atoms with Crippen molar-refractivity contribution >= 4 is 34.0 Å². The number of fused-ring (bicyclic) bond motifs is 1. The van der Waals surface area contributed by atoms with Crippen LogP contribution in [0.5, 0.6) is 0 Å². The third kappa shape index (κ3) is 3.63. The van der Waals surface area contributed by atoms with E-state index in [0.717, 1.165) is 10.7 Å². The average molecular weight is 368 g/mol. The number of hydrogen-bond donors (Lipinski definition) is 2. The van der Waals surface area contributed by atoms with E-state index < -0.39 is 28.9 Å². The Kier molecular flexibility index (Phi) is 4.62. The molecule has 0 saturated carbocycles. The van der Waals surface area contributed by atoms with Crippen molar-refractivity contribution in [2.24, 2.45) is 0 Å². The number of carbonyl (C=O) groups is 2. The normalized spacial score (nSPS) is 10.5. The van der Waals surface area contributed by atoms with Crippen molar-refractivity contribution in [1.29, 1.82) is 0 Å². The Balaban J connectivity index is 1.92. The van der Waals surface area contributed by atoms with Crippen LogP contribution in [0.4, 0.5) is 11.4 Å². The summed E-state index contributed by atoms with van der Waals surface area (Å²) in [5.41, 5.74) is -1.01. The van der Waals surface area contributed by atoms with Gasteiger partial charge < -0.3 is 10.4 Å². The Morgan fingerprint density at radius 2 is 1.85 bits per heavy atom. The largest absolute Gasteiger partial charge is 0.476 e. The first-order chi connectivity index (χ1) is 12.9. The highest BCUT2D eigenvalue weighted by Gasteiger charge is 2.17. The molecule has 0 fully saturated rings. The van der Waals surface area contributed by atoms with Crippen molar-refractivity contribution in [3.63, 3.8) is 0 Å². The van der Waals surface area contributed by atoms with Gasteiger partial charge in [0, 0.05) is 23.2 Å². The second kappa shape index (κ2) is 7.04. The number of benzene rings is 2. The number of amides is 1. The van der Waals surface area contributed by atoms with E-state index in [1.807, 2.05) is 0 Å². The van der Waals surface area contributed by atoms with Crippen LogP contribution in [0, 0.1) is 10.1 Å². The maximum absolute atomic E-state index is 12.5. The van der Waals surface area contributed by atoms with E-state index in [0.29, 0.717) is 0 Å². The number of hydrogen-bond acceptors (Lipinski definition) is 6. The van der Waals surface area contributed by atoms with Crippen LogP contribution in [0.3, 0.4) is 0 Å². The van der Waals surface area contributed by atoms with Gasteiger partial charge >= 0.3 is 5.97 Å². The first kappa shape index (κ1) is 17.7. The summed E-state index contributed by atoms with van der Waals surface area (Å²) in [5.74, 6) is -2.02. The molecule has 1 amide bonds. The van der Waals surface area contributed by atoms with Gasteiger partial charge in [0.1, 0.15) is 6.54 Å². The Morgan fingerprint density at radius 1 is 1.15 bits per heavy atom. The Labute approximate surface area is 150 Å². The van der Waals surface area contributed by atoms with Gasteiger partial charge in [0.25, 0.3) is 11.2 Å². The molecule has 136 valence electrons. The number of carboxylic acid groups (broad SMARTS) is 1. The Morgan fingerprint density at radius 3 is 2.52 bits per heavy atom. The number of nitro benzene ring substituents is 1. The van der Waals surface area contributed by atoms with E-state index in [1.165, 1.54) is 30.3 Å². The van der Waals surface area contributed by atoms with Gasteiger partial charge in [-0.3, -0.25) is 19.7 Å². The topological polar surface area (TPSA) is 144 Å². The summed E-state index contributed by atoms with van der Waals surface area (Å²) in [6.45, 7) is -0.549. The summed E-state index contributed by atoms with van der Waals surface area (Å²) in [4.78, 5) is 46.3. The van der Waals surface area contributed by atoms with E-state index in [-0.39, 0.29) is 27.8 Å². The van der Waals surface area contributed by atoms with Gasteiger partial charge in [-0.1, -0.05) is 24.3 Å². The lowest BCUT2D eigenvalue weighted by Crippen LogP contribution is -2.31. The van der Waals surface area contributed by atoms with Gasteiger partial charge in [-0.15, -0.1) is 0 Å². The van der Waals surface area contributed by atoms with Gasteiger partial charge in [0.15, 0.2) is 5.69 Å². The first-order valence-electron chi connectivity index (χ1n) is 7.64. The van der Waals surface area contributed by atoms with E-state index in [1.54, 1.807) is 12.1 Å². The summed E-state index contributed by atoms with van der Waals surface area (Å²) < 4.78 is 0.748. The minimum atomic E-state index is -1.33. The molecule has 0 aliphatic carbocycles. The zero-order valence-corrected chi connectivity index (χ0v) is 13.7. The highest BCUT2D eigenvalue weighted by molar-refractivity contribution is 6.01. The number of carbonyl (C=O) groups excluding carboxylic acids is 1. The van der Waals surface area contributed by atoms with Crippen molar-refractivity contribution in [1.82, 2.24) is 9.78 Å². The molecule has 1 aromatic heterocycles. The van der Waals surface area contributed by atoms with Crippen molar-refractivity contribution in [2.45, 2.75) is 6.54 Å². The van der Waals surface area contributed by atoms with Crippen LogP contribution in [0.2, 0.25) is 0 Å². The third-order valence-corrected chi connectivity index (χ3v) is 3.70. The zero-order valence-electron chi connectivity index (χ0n) is 13.7. The van der Waals surface area contributed by atoms with Crippen molar-refractivity contribution in [2.75, 3.05) is 5.32 Å². The molecule has 0 aliphatic rings. The molecule has 3 rings (SSSR count). The van der Waals surface area contributed by atoms with Crippen LogP contribution in [-0.2, 0) is 11.3 Å². The Bertz CT molecular complexity index is 1140. The molecule has 1 heterocycles. The number of nitrogens with zero attached hydrogens (tertiary/aromatic N) is 3. The van der Waals surface area contributed by atoms with Crippen LogP contribution < -0.4 is 10.9 Å². The smallest absolute Gasteiger partial charge is 0.357 e. The number of rotatable bonds is 5. The molecule has 10 heteroatoms. The number of aromatic carboxylic acids is 1. The Hall–Kier alpha value is -4.08. The second-order valence-electron chi connectivity index (χ2n) is 5.52. The van der Waals surface area contributed by atoms with Gasteiger partial charge in [-0.2, -0.15) is 5.10 Å². The minimum absolute atomic E-state index is 0.119. The molecule has 27 heavy (non-hydrogen) atoms. The van der Waals surface area contributed by atoms with Gasteiger partial charge in [0.2, 0.25) is 5.91 Å². The maximum atomic E-state index is 12.5. The summed E-state index contributed by atoms with van der Waals surface area (Å²) >= 11 is 0. The number of carboxylic acids is 1. The summed E-state index contributed by atoms with van der Waals surface area (Å²) in [5, 5.41) is 26.6. The lowest BCUT2D eigenvalue weighted by atomic mass is 10.1. The van der Waals surface area contributed by atoms with Crippen LogP contribution >= 0.6 is 0 Å². The van der Waals surface area contributed by atoms with Crippen molar-refractivity contribution in [3.05, 3.63) is 74.7 Å². The van der Waals surface area contributed by atoms with Gasteiger partial charge in [-0.25, -0.2) is 9.48 Å². The molecule has 2 N–H and O–H groups in total. The molecule has 0 spiro atoms. The average Bonchev–Trinajstić information content (AvgIpc) is 2.64. The maximum Gasteiger partial charge on any atom is 0.357 e. The number of anilines is 1. The lowest BCUT2D eigenvalue weighted by molar-refractivity contribution is -0.384. The van der Waals surface area contributed by atoms with E-state index in [4.69, 9.17) is 0 Å². The first-order valence-corrected chi connectivity index (χ1v) is 7.64. The third-order valence-electron chi connectivity index (χ3n) is 3.70. The fourth-order valence-corrected chi connectivity index (χ4v) is 2.53. The van der Waals surface area contributed by atoms with Crippen LogP contribution in [0.25, 0.3) is 10.8 Å². The molecule has 10 nitrogen and oxygen atoms in total. The molecule has 2 aromatic carbocycles. The summed E-state index contributed by atoms with van der Waals surface area (Å²) in [7, 11) is 0. The summed E-state index contributed by atoms with van der Waals surface area (Å²) in [6, 6.07) is 11.3. The minimum Gasteiger partial charge on any atom is -0.476 e. The predicted molar refractivity (Wildman–Crippen MR) is 94.7 cm³/mol. The van der Waals surface area contributed by atoms with Crippen molar-refractivity contribution < 1.29 is 19.6 Å². The predicted octanol–water partition coefficient (Wildman–Crippen LogP) is 1.64. The quantitative estimate of drug-likeness (QED) is 0.514. The number of aromatic nitrogens is 2. The standard InChI is InChI=1S/C17H12N4O6/c22-14(18-10-4-3-5-11(8-10)21(26)27)9-20-16(23)13-7-2-1-6-12(13)15(19-20)17(24)25/h1-8H,9H2,(H,18,22)(H,24,25). The number of nitro groups is 1. The van der Waals surface area contributed by atoms with Gasteiger partial charge in [-0.05, 0) is 12.1 Å². The molecule has 0 saturated heterocycles. The molecule has 0 atom stereocenters. The number of nitrogens with one attached hydrogen (secondary N) is 1. The fourth-order valence-electron chi connectivity index (χ4n) is 2.53. The molecule has 3 aromatic rings. The van der Waals surface area contributed by atoms with E-state index >= 15 is 0 Å². The molecule has 0 unspecified atom stereocenters. The zero-order chi connectivity index (χ0) is 19.6. The molecular weight excluding hydrogens is 356 g/mol. The van der Waals surface area contributed by atoms with E-state index in [9.17, 15) is 29.6 Å². The second-order valence-corrected chi connectivity index (χ2v) is 5.52. The van der Waals surface area contributed by atoms with Crippen LogP contribution in [0.1, 0.15) is 10.5 Å². The SMILES string of the molecule is O=C(Cn1nc(C(=O)O)c2ccccc2c1=O)Nc1cccc([N+](=O)[O-])c1. The van der Waals surface area contributed by atoms with Crippen LogP contribution in [0.15, 0.2) is 53.3 Å². The highest BCUT2D eigenvalue weighted by Crippen LogP contribution is 2.17. The fraction of sp³-hybridized carbons (Fsp3) is 0.0588. The van der Waals surface area contributed by atoms with Crippen molar-refractivity contribution in [3.8, 4) is 0 Å². The van der Waals surface area contributed by atoms with Gasteiger partial charge in [0.05, 0.1) is 10.3 Å². The monoisotopic (exact) mass is 368 g/mol. The van der Waals surface area contributed by atoms with E-state index in [2.05, 4.69) is 10.4 Å². The molecular formula is C17H12N4O6. The number of non-ortho nitro benzene ring substituents is 1. The highest BCUT2D eigenvalue weighted by atomic mass is 16.6. The lowest BCUT2D eigenvalue weighted by Gasteiger charge is -2.09. The molecule has 0 aliphatic heterocycles. The van der Waals surface area contributed by atoms with Crippen LogP contribution in [-0.4, -0.2) is 31.7 Å².